The second kappa shape index (κ2) is 10.6. The number of anilines is 3. The summed E-state index contributed by atoms with van der Waals surface area (Å²) in [5.41, 5.74) is -0.0418. The number of amides is 1. The second-order valence-corrected chi connectivity index (χ2v) is 10.5. The highest BCUT2D eigenvalue weighted by Gasteiger charge is 2.50. The lowest BCUT2D eigenvalue weighted by Crippen LogP contribution is -2.63. The quantitative estimate of drug-likeness (QED) is 0.549. The summed E-state index contributed by atoms with van der Waals surface area (Å²) >= 11 is 0. The van der Waals surface area contributed by atoms with Gasteiger partial charge in [0.25, 0.3) is 5.56 Å². The van der Waals surface area contributed by atoms with E-state index in [9.17, 15) is 24.3 Å². The number of hydrogen-bond donors (Lipinski definition) is 1. The first-order chi connectivity index (χ1) is 18.4. The molecule has 1 aromatic heterocycles. The second-order valence-electron chi connectivity index (χ2n) is 10.5. The number of piperazine rings is 1. The van der Waals surface area contributed by atoms with E-state index >= 15 is 0 Å². The molecule has 1 amide bonds. The molecule has 1 N–H and O–H groups in total. The zero-order valence-electron chi connectivity index (χ0n) is 23.1. The highest BCUT2D eigenvalue weighted by atomic mass is 16.5. The number of esters is 1. The number of carbonyl (C=O) groups excluding carboxylic acids is 1. The van der Waals surface area contributed by atoms with Gasteiger partial charge in [-0.2, -0.15) is 0 Å². The Labute approximate surface area is 226 Å². The normalized spacial score (nSPS) is 17.8. The lowest BCUT2D eigenvalue weighted by molar-refractivity contribution is -0.143. The Morgan fingerprint density at radius 2 is 1.77 bits per heavy atom. The first-order valence-electron chi connectivity index (χ1n) is 12.9. The number of carbonyl (C=O) groups is 2. The maximum absolute atomic E-state index is 13.9. The van der Waals surface area contributed by atoms with Crippen LogP contribution >= 0.6 is 0 Å². The number of nitrogens with zero attached hydrogens (tertiary/aromatic N) is 6. The van der Waals surface area contributed by atoms with E-state index in [-0.39, 0.29) is 31.9 Å². The minimum Gasteiger partial charge on any atom is -0.465 e. The summed E-state index contributed by atoms with van der Waals surface area (Å²) in [6, 6.07) is 7.51. The molecule has 0 aliphatic carbocycles. The van der Waals surface area contributed by atoms with Crippen LogP contribution in [0, 0.1) is 0 Å². The molecule has 1 aromatic carbocycles. The van der Waals surface area contributed by atoms with Crippen molar-refractivity contribution in [3.63, 3.8) is 0 Å². The molecular weight excluding hydrogens is 504 g/mol. The molecule has 210 valence electrons. The fourth-order valence-corrected chi connectivity index (χ4v) is 5.27. The minimum atomic E-state index is -0.983. The monoisotopic (exact) mass is 540 g/mol. The standard InChI is InChI=1S/C27H36N6O6/c1-7-18-11-9-10-12-19(18)32-21-22(31(17-20(34)39-8-2)25(36)28(6)23(21)35)33(27(3,4)5)24(32)29-13-15-30(16-14-29)26(37)38/h7,9-12,24H,1,8,13-17H2,2-6H3,(H,37,38). The number of para-hydroxylation sites is 1. The Hall–Kier alpha value is -4.06. The van der Waals surface area contributed by atoms with Gasteiger partial charge in [-0.15, -0.1) is 0 Å². The van der Waals surface area contributed by atoms with Gasteiger partial charge in [0.05, 0.1) is 12.3 Å². The Morgan fingerprint density at radius 1 is 1.13 bits per heavy atom. The molecule has 0 spiro atoms. The number of benzene rings is 1. The highest BCUT2D eigenvalue weighted by molar-refractivity contribution is 5.85. The summed E-state index contributed by atoms with van der Waals surface area (Å²) in [7, 11) is 1.39. The first-order valence-corrected chi connectivity index (χ1v) is 12.9. The van der Waals surface area contributed by atoms with Gasteiger partial charge < -0.3 is 19.6 Å². The average molecular weight is 541 g/mol. The molecule has 0 radical (unpaired) electrons. The first kappa shape index (κ1) is 28.0. The van der Waals surface area contributed by atoms with Crippen LogP contribution in [-0.2, 0) is 23.1 Å². The van der Waals surface area contributed by atoms with Gasteiger partial charge in [0.1, 0.15) is 12.4 Å². The van der Waals surface area contributed by atoms with E-state index in [1.165, 1.54) is 16.5 Å². The van der Waals surface area contributed by atoms with Crippen molar-refractivity contribution in [2.45, 2.75) is 46.1 Å². The maximum Gasteiger partial charge on any atom is 0.407 e. The van der Waals surface area contributed by atoms with E-state index in [0.717, 1.165) is 10.1 Å². The minimum absolute atomic E-state index is 0.153. The molecule has 12 heteroatoms. The molecule has 1 atom stereocenters. The zero-order chi connectivity index (χ0) is 28.6. The Balaban J connectivity index is 2.03. The van der Waals surface area contributed by atoms with E-state index in [2.05, 4.69) is 11.5 Å². The van der Waals surface area contributed by atoms with Gasteiger partial charge in [0, 0.05) is 38.8 Å². The predicted molar refractivity (Wildman–Crippen MR) is 148 cm³/mol. The number of rotatable bonds is 6. The number of carboxylic acid groups (broad SMARTS) is 1. The van der Waals surface area contributed by atoms with Crippen LogP contribution in [0.5, 0.6) is 0 Å². The van der Waals surface area contributed by atoms with Crippen LogP contribution in [0.15, 0.2) is 40.4 Å². The molecule has 39 heavy (non-hydrogen) atoms. The van der Waals surface area contributed by atoms with Gasteiger partial charge in [0.2, 0.25) is 0 Å². The van der Waals surface area contributed by atoms with Crippen molar-refractivity contribution < 1.29 is 19.4 Å². The Kier molecular flexibility index (Phi) is 7.60. The number of fused-ring (bicyclic) bond motifs is 1. The fourth-order valence-electron chi connectivity index (χ4n) is 5.27. The topological polar surface area (TPSA) is 121 Å². The summed E-state index contributed by atoms with van der Waals surface area (Å²) in [5.74, 6) is -0.279. The SMILES string of the molecule is C=Cc1ccccc1N1c2c(n(CC(=O)OCC)c(=O)n(C)c2=O)N(C(C)(C)C)C1N1CCN(C(=O)O)CC1. The van der Waals surface area contributed by atoms with Gasteiger partial charge >= 0.3 is 17.8 Å². The lowest BCUT2D eigenvalue weighted by atomic mass is 10.1. The molecule has 4 rings (SSSR count). The zero-order valence-corrected chi connectivity index (χ0v) is 23.1. The van der Waals surface area contributed by atoms with Crippen molar-refractivity contribution in [2.24, 2.45) is 7.05 Å². The fraction of sp³-hybridized carbons (Fsp3) is 0.481. The summed E-state index contributed by atoms with van der Waals surface area (Å²) < 4.78 is 7.48. The third-order valence-corrected chi connectivity index (χ3v) is 7.07. The summed E-state index contributed by atoms with van der Waals surface area (Å²) in [6.45, 7) is 12.7. The van der Waals surface area contributed by atoms with Crippen LogP contribution in [0.3, 0.4) is 0 Å². The van der Waals surface area contributed by atoms with Crippen LogP contribution in [0.25, 0.3) is 6.08 Å². The molecule has 3 heterocycles. The highest BCUT2D eigenvalue weighted by Crippen LogP contribution is 2.47. The van der Waals surface area contributed by atoms with E-state index in [4.69, 9.17) is 4.74 Å². The molecule has 2 aliphatic heterocycles. The van der Waals surface area contributed by atoms with Crippen molar-refractivity contribution in [3.05, 3.63) is 57.2 Å². The number of hydrogen-bond acceptors (Lipinski definition) is 8. The van der Waals surface area contributed by atoms with Crippen LogP contribution < -0.4 is 21.0 Å². The van der Waals surface area contributed by atoms with Crippen LogP contribution in [0.2, 0.25) is 0 Å². The lowest BCUT2D eigenvalue weighted by Gasteiger charge is -2.48. The predicted octanol–water partition coefficient (Wildman–Crippen LogP) is 2.09. The van der Waals surface area contributed by atoms with E-state index in [1.807, 2.05) is 54.8 Å². The van der Waals surface area contributed by atoms with Crippen LogP contribution in [-0.4, -0.2) is 80.7 Å². The molecule has 2 aromatic rings. The molecule has 12 nitrogen and oxygen atoms in total. The number of aromatic nitrogens is 2. The molecule has 2 aliphatic rings. The van der Waals surface area contributed by atoms with Crippen molar-refractivity contribution in [1.82, 2.24) is 18.9 Å². The van der Waals surface area contributed by atoms with E-state index < -0.39 is 35.1 Å². The molecule has 1 fully saturated rings. The third kappa shape index (κ3) is 4.91. The average Bonchev–Trinajstić information content (AvgIpc) is 3.26. The maximum atomic E-state index is 13.9. The molecule has 1 saturated heterocycles. The van der Waals surface area contributed by atoms with Crippen molar-refractivity contribution in [1.29, 1.82) is 0 Å². The molecule has 0 saturated carbocycles. The largest absolute Gasteiger partial charge is 0.465 e. The van der Waals surface area contributed by atoms with Gasteiger partial charge in [0.15, 0.2) is 12.0 Å². The molecule has 0 bridgehead atoms. The van der Waals surface area contributed by atoms with Gasteiger partial charge in [-0.1, -0.05) is 30.9 Å². The van der Waals surface area contributed by atoms with Gasteiger partial charge in [-0.3, -0.25) is 28.5 Å². The van der Waals surface area contributed by atoms with E-state index in [0.29, 0.717) is 24.6 Å². The Morgan fingerprint density at radius 3 is 2.33 bits per heavy atom. The van der Waals surface area contributed by atoms with E-state index in [1.54, 1.807) is 13.0 Å². The molecular formula is C27H36N6O6. The van der Waals surface area contributed by atoms with Crippen LogP contribution in [0.4, 0.5) is 22.0 Å². The Bertz CT molecular complexity index is 1400. The third-order valence-electron chi connectivity index (χ3n) is 7.07. The van der Waals surface area contributed by atoms with Gasteiger partial charge in [-0.25, -0.2) is 9.59 Å². The summed E-state index contributed by atoms with van der Waals surface area (Å²) in [5, 5.41) is 9.52. The van der Waals surface area contributed by atoms with Crippen LogP contribution in [0.1, 0.15) is 33.3 Å². The smallest absolute Gasteiger partial charge is 0.407 e. The van der Waals surface area contributed by atoms with Crippen molar-refractivity contribution in [2.75, 3.05) is 42.6 Å². The van der Waals surface area contributed by atoms with Gasteiger partial charge in [-0.05, 0) is 39.3 Å². The van der Waals surface area contributed by atoms with Crippen molar-refractivity contribution >= 4 is 35.3 Å². The molecule has 1 unspecified atom stereocenters. The summed E-state index contributed by atoms with van der Waals surface area (Å²) in [6.07, 6.45) is 0.121. The number of ether oxygens (including phenoxy) is 1. The summed E-state index contributed by atoms with van der Waals surface area (Å²) in [4.78, 5) is 59.0. The van der Waals surface area contributed by atoms with Crippen molar-refractivity contribution in [3.8, 4) is 0 Å².